The van der Waals surface area contributed by atoms with Crippen molar-refractivity contribution in [3.8, 4) is 0 Å². The third kappa shape index (κ3) is 3.91. The van der Waals surface area contributed by atoms with Crippen molar-refractivity contribution >= 4 is 16.1 Å². The Hall–Kier alpha value is -0.346. The zero-order valence-electron chi connectivity index (χ0n) is 11.7. The smallest absolute Gasteiger partial charge is 0.0775 e. The van der Waals surface area contributed by atoms with Crippen LogP contribution >= 0.6 is 0 Å². The van der Waals surface area contributed by atoms with E-state index in [-0.39, 0.29) is 0 Å². The second-order valence-electron chi connectivity index (χ2n) is 6.75. The third-order valence-corrected chi connectivity index (χ3v) is 7.58. The fraction of sp³-hybridized carbons (Fsp3) is 0.571. The molecule has 0 fully saturated rings. The maximum atomic E-state index is 2.45. The number of hydrogen-bond donors (Lipinski definition) is 0. The highest BCUT2D eigenvalue weighted by Crippen LogP contribution is 2.24. The van der Waals surface area contributed by atoms with Crippen LogP contribution in [0.3, 0.4) is 0 Å². The first-order valence-electron chi connectivity index (χ1n) is 6.29. The van der Waals surface area contributed by atoms with Gasteiger partial charge in [0.25, 0.3) is 0 Å². The van der Waals surface area contributed by atoms with Crippen molar-refractivity contribution in [1.82, 2.24) is 0 Å². The van der Waals surface area contributed by atoms with Crippen molar-refractivity contribution in [3.05, 3.63) is 34.7 Å². The van der Waals surface area contributed by atoms with E-state index in [9.17, 15) is 0 Å². The molecule has 1 aliphatic carbocycles. The highest BCUT2D eigenvalue weighted by molar-refractivity contribution is 6.84. The SMILES string of the molecule is C[Si](C)(C)C1=CC=C([Si](C)(C)C)CCC=C1. The topological polar surface area (TPSA) is 0 Å². The molecule has 0 bridgehead atoms. The Morgan fingerprint density at radius 3 is 2.00 bits per heavy atom. The molecule has 0 spiro atoms. The van der Waals surface area contributed by atoms with Crippen LogP contribution in [-0.4, -0.2) is 16.1 Å². The second-order valence-corrected chi connectivity index (χ2v) is 17.0. The van der Waals surface area contributed by atoms with E-state index in [1.807, 2.05) is 0 Å². The molecule has 0 amide bonds. The first-order valence-corrected chi connectivity index (χ1v) is 13.3. The van der Waals surface area contributed by atoms with Crippen molar-refractivity contribution < 1.29 is 0 Å². The summed E-state index contributed by atoms with van der Waals surface area (Å²) in [5.41, 5.74) is 0. The normalized spacial score (nSPS) is 18.6. The fourth-order valence-electron chi connectivity index (χ4n) is 1.90. The molecule has 2 heteroatoms. The van der Waals surface area contributed by atoms with E-state index in [4.69, 9.17) is 0 Å². The Morgan fingerprint density at radius 2 is 1.50 bits per heavy atom. The van der Waals surface area contributed by atoms with Gasteiger partial charge in [-0.2, -0.15) is 0 Å². The summed E-state index contributed by atoms with van der Waals surface area (Å²) in [4.78, 5) is 0. The summed E-state index contributed by atoms with van der Waals surface area (Å²) in [6.45, 7) is 14.6. The van der Waals surface area contributed by atoms with Gasteiger partial charge in [0, 0.05) is 0 Å². The van der Waals surface area contributed by atoms with Crippen LogP contribution in [0, 0.1) is 0 Å². The third-order valence-electron chi connectivity index (χ3n) is 3.17. The fourth-order valence-corrected chi connectivity index (χ4v) is 4.58. The molecule has 1 rings (SSSR count). The molecule has 0 N–H and O–H groups in total. The zero-order chi connectivity index (χ0) is 12.4. The lowest BCUT2D eigenvalue weighted by Crippen LogP contribution is -2.25. The van der Waals surface area contributed by atoms with Crippen LogP contribution in [0.5, 0.6) is 0 Å². The maximum absolute atomic E-state index is 2.45. The van der Waals surface area contributed by atoms with E-state index >= 15 is 0 Å². The molecular formula is C14H26Si2. The quantitative estimate of drug-likeness (QED) is 0.609. The number of hydrogen-bond acceptors (Lipinski definition) is 0. The Labute approximate surface area is 103 Å². The summed E-state index contributed by atoms with van der Waals surface area (Å²) >= 11 is 0. The lowest BCUT2D eigenvalue weighted by Gasteiger charge is -2.23. The van der Waals surface area contributed by atoms with E-state index in [0.717, 1.165) is 0 Å². The summed E-state index contributed by atoms with van der Waals surface area (Å²) in [5, 5.41) is 3.30. The minimum Gasteiger partial charge on any atom is -0.0843 e. The van der Waals surface area contributed by atoms with E-state index in [0.29, 0.717) is 0 Å². The van der Waals surface area contributed by atoms with Gasteiger partial charge in [0.15, 0.2) is 0 Å². The highest BCUT2D eigenvalue weighted by atomic mass is 28.3. The van der Waals surface area contributed by atoms with Crippen molar-refractivity contribution in [3.63, 3.8) is 0 Å². The van der Waals surface area contributed by atoms with Gasteiger partial charge in [0.1, 0.15) is 0 Å². The van der Waals surface area contributed by atoms with Crippen LogP contribution in [0.2, 0.25) is 39.3 Å². The molecule has 0 radical (unpaired) electrons. The molecule has 0 atom stereocenters. The summed E-state index contributed by atoms with van der Waals surface area (Å²) < 4.78 is 0. The lowest BCUT2D eigenvalue weighted by atomic mass is 10.2. The van der Waals surface area contributed by atoms with Gasteiger partial charge in [0.2, 0.25) is 0 Å². The monoisotopic (exact) mass is 250 g/mol. The van der Waals surface area contributed by atoms with Crippen LogP contribution in [0.4, 0.5) is 0 Å². The van der Waals surface area contributed by atoms with E-state index in [1.54, 1.807) is 10.4 Å². The van der Waals surface area contributed by atoms with Crippen LogP contribution < -0.4 is 0 Å². The number of allylic oxidation sites excluding steroid dienone is 6. The van der Waals surface area contributed by atoms with Gasteiger partial charge in [-0.05, 0) is 12.8 Å². The second kappa shape index (κ2) is 4.88. The van der Waals surface area contributed by atoms with Crippen LogP contribution in [0.15, 0.2) is 34.7 Å². The molecule has 0 aromatic heterocycles. The largest absolute Gasteiger partial charge is 0.0843 e. The van der Waals surface area contributed by atoms with Gasteiger partial charge in [-0.1, -0.05) is 74.0 Å². The number of rotatable bonds is 2. The van der Waals surface area contributed by atoms with Gasteiger partial charge in [-0.15, -0.1) is 0 Å². The van der Waals surface area contributed by atoms with Gasteiger partial charge >= 0.3 is 0 Å². The Balaban J connectivity index is 3.05. The average Bonchev–Trinajstić information content (AvgIpc) is 1.96. The van der Waals surface area contributed by atoms with Crippen LogP contribution in [0.1, 0.15) is 12.8 Å². The summed E-state index contributed by atoms with van der Waals surface area (Å²) in [7, 11) is -2.26. The molecule has 0 aromatic carbocycles. The summed E-state index contributed by atoms with van der Waals surface area (Å²) in [5.74, 6) is 0. The van der Waals surface area contributed by atoms with E-state index < -0.39 is 16.1 Å². The Kier molecular flexibility index (Phi) is 4.19. The molecule has 1 aliphatic rings. The lowest BCUT2D eigenvalue weighted by molar-refractivity contribution is 1.02. The molecule has 90 valence electrons. The summed E-state index contributed by atoms with van der Waals surface area (Å²) in [6, 6.07) is 0. The molecule has 0 saturated carbocycles. The van der Waals surface area contributed by atoms with Crippen molar-refractivity contribution in [2.24, 2.45) is 0 Å². The van der Waals surface area contributed by atoms with Crippen molar-refractivity contribution in [1.29, 1.82) is 0 Å². The van der Waals surface area contributed by atoms with Crippen molar-refractivity contribution in [2.75, 3.05) is 0 Å². The first-order chi connectivity index (χ1) is 7.21. The standard InChI is InChI=1S/C14H26Si2/c1-15(2,3)13-9-7-8-10-14(12-11-13)16(4,5)6/h7,9,11-12H,8,10H2,1-6H3. The maximum Gasteiger partial charge on any atom is 0.0775 e. The molecule has 0 heterocycles. The Morgan fingerprint density at radius 1 is 0.875 bits per heavy atom. The van der Waals surface area contributed by atoms with Gasteiger partial charge in [-0.25, -0.2) is 0 Å². The molecular weight excluding hydrogens is 224 g/mol. The van der Waals surface area contributed by atoms with Gasteiger partial charge in [0.05, 0.1) is 16.1 Å². The minimum absolute atomic E-state index is 1.10. The molecule has 0 aliphatic heterocycles. The van der Waals surface area contributed by atoms with Gasteiger partial charge < -0.3 is 0 Å². The predicted octanol–water partition coefficient (Wildman–Crippen LogP) is 4.94. The average molecular weight is 251 g/mol. The van der Waals surface area contributed by atoms with Crippen LogP contribution in [-0.2, 0) is 0 Å². The molecule has 0 aromatic rings. The molecule has 0 nitrogen and oxygen atoms in total. The van der Waals surface area contributed by atoms with E-state index in [1.165, 1.54) is 12.8 Å². The van der Waals surface area contributed by atoms with Crippen LogP contribution in [0.25, 0.3) is 0 Å². The summed E-state index contributed by atoms with van der Waals surface area (Å²) in [6.07, 6.45) is 12.1. The zero-order valence-corrected chi connectivity index (χ0v) is 13.7. The van der Waals surface area contributed by atoms with Crippen molar-refractivity contribution in [2.45, 2.75) is 52.1 Å². The molecule has 0 saturated heterocycles. The van der Waals surface area contributed by atoms with Gasteiger partial charge in [-0.3, -0.25) is 0 Å². The molecule has 0 unspecified atom stereocenters. The highest BCUT2D eigenvalue weighted by Gasteiger charge is 2.21. The first kappa shape index (κ1) is 13.7. The minimum atomic E-state index is -1.15. The Bertz CT molecular complexity index is 333. The van der Waals surface area contributed by atoms with E-state index in [2.05, 4.69) is 63.6 Å². The molecule has 16 heavy (non-hydrogen) atoms. The predicted molar refractivity (Wildman–Crippen MR) is 81.2 cm³/mol.